The maximum atomic E-state index is 11.7. The van der Waals surface area contributed by atoms with Crippen molar-refractivity contribution in [2.45, 2.75) is 32.4 Å². The summed E-state index contributed by atoms with van der Waals surface area (Å²) in [6, 6.07) is 11.8. The number of aromatic nitrogens is 1. The lowest BCUT2D eigenvalue weighted by Crippen LogP contribution is -2.40. The Hall–Kier alpha value is -2.60. The molecule has 1 saturated heterocycles. The third-order valence-electron chi connectivity index (χ3n) is 5.35. The van der Waals surface area contributed by atoms with Crippen LogP contribution in [-0.2, 0) is 11.3 Å². The number of nitrogens with one attached hydrogen (secondary N) is 1. The third kappa shape index (κ3) is 4.81. The molecule has 2 heterocycles. The molecule has 1 N–H and O–H groups in total. The molecule has 0 aliphatic carbocycles. The minimum Gasteiger partial charge on any atom is -0.493 e. The van der Waals surface area contributed by atoms with Crippen molar-refractivity contribution >= 4 is 5.91 Å². The molecule has 6 nitrogen and oxygen atoms in total. The number of amides is 1. The van der Waals surface area contributed by atoms with Gasteiger partial charge in [-0.2, -0.15) is 0 Å². The van der Waals surface area contributed by atoms with Crippen molar-refractivity contribution in [3.8, 4) is 11.5 Å². The van der Waals surface area contributed by atoms with Crippen molar-refractivity contribution in [1.82, 2.24) is 15.2 Å². The van der Waals surface area contributed by atoms with Gasteiger partial charge in [0, 0.05) is 25.2 Å². The second-order valence-electron chi connectivity index (χ2n) is 7.20. The second-order valence-corrected chi connectivity index (χ2v) is 7.20. The number of nitrogens with zero attached hydrogens (tertiary/aromatic N) is 2. The van der Waals surface area contributed by atoms with Gasteiger partial charge in [0.2, 0.25) is 5.91 Å². The lowest BCUT2D eigenvalue weighted by Gasteiger charge is -2.36. The number of hydrogen-bond donors (Lipinski definition) is 1. The van der Waals surface area contributed by atoms with Crippen molar-refractivity contribution in [1.29, 1.82) is 0 Å². The molecule has 1 aromatic heterocycles. The van der Waals surface area contributed by atoms with E-state index >= 15 is 0 Å². The molecule has 1 aliphatic rings. The zero-order valence-corrected chi connectivity index (χ0v) is 16.9. The molecule has 1 fully saturated rings. The van der Waals surface area contributed by atoms with Crippen LogP contribution in [0.4, 0.5) is 0 Å². The van der Waals surface area contributed by atoms with Crippen LogP contribution in [0.5, 0.6) is 11.5 Å². The maximum Gasteiger partial charge on any atom is 0.217 e. The summed E-state index contributed by atoms with van der Waals surface area (Å²) in [5, 5.41) is 3.11. The lowest BCUT2D eigenvalue weighted by molar-refractivity contribution is -0.120. The van der Waals surface area contributed by atoms with Gasteiger partial charge in [-0.15, -0.1) is 0 Å². The zero-order chi connectivity index (χ0) is 19.9. The van der Waals surface area contributed by atoms with E-state index in [1.807, 2.05) is 30.3 Å². The summed E-state index contributed by atoms with van der Waals surface area (Å²) in [6.07, 6.45) is 3.80. The van der Waals surface area contributed by atoms with E-state index in [1.165, 1.54) is 0 Å². The molecule has 28 heavy (non-hydrogen) atoms. The maximum absolute atomic E-state index is 11.7. The fourth-order valence-corrected chi connectivity index (χ4v) is 3.98. The van der Waals surface area contributed by atoms with Gasteiger partial charge >= 0.3 is 0 Å². The first kappa shape index (κ1) is 20.1. The fraction of sp³-hybridized carbons (Fsp3) is 0.455. The van der Waals surface area contributed by atoms with Gasteiger partial charge in [-0.05, 0) is 50.0 Å². The summed E-state index contributed by atoms with van der Waals surface area (Å²) < 4.78 is 11.0. The average Bonchev–Trinajstić information content (AvgIpc) is 2.73. The van der Waals surface area contributed by atoms with Crippen LogP contribution in [-0.4, -0.2) is 43.1 Å². The number of likely N-dealkylation sites (tertiary alicyclic amines) is 1. The molecule has 1 atom stereocenters. The van der Waals surface area contributed by atoms with Crippen LogP contribution in [0.3, 0.4) is 0 Å². The number of pyridine rings is 1. The normalized spacial score (nSPS) is 16.4. The number of benzene rings is 1. The molecule has 0 radical (unpaired) electrons. The average molecular weight is 383 g/mol. The van der Waals surface area contributed by atoms with Crippen LogP contribution in [0.15, 0.2) is 42.6 Å². The van der Waals surface area contributed by atoms with Gasteiger partial charge in [0.15, 0.2) is 11.5 Å². The third-order valence-corrected chi connectivity index (χ3v) is 5.35. The van der Waals surface area contributed by atoms with Crippen LogP contribution in [0.25, 0.3) is 0 Å². The Morgan fingerprint density at radius 3 is 2.57 bits per heavy atom. The molecule has 1 aliphatic heterocycles. The van der Waals surface area contributed by atoms with E-state index in [1.54, 1.807) is 27.3 Å². The van der Waals surface area contributed by atoms with Gasteiger partial charge in [-0.3, -0.25) is 14.7 Å². The van der Waals surface area contributed by atoms with E-state index in [9.17, 15) is 4.79 Å². The molecular formula is C22H29N3O3. The molecule has 0 saturated carbocycles. The number of ether oxygens (including phenoxy) is 2. The minimum atomic E-state index is -0.0350. The molecule has 3 rings (SSSR count). The molecule has 1 amide bonds. The Labute approximate surface area is 166 Å². The van der Waals surface area contributed by atoms with Crippen molar-refractivity contribution < 1.29 is 14.3 Å². The molecule has 6 heteroatoms. The Kier molecular flexibility index (Phi) is 6.87. The summed E-state index contributed by atoms with van der Waals surface area (Å²) >= 11 is 0. The Morgan fingerprint density at radius 1 is 1.18 bits per heavy atom. The minimum absolute atomic E-state index is 0.0146. The van der Waals surface area contributed by atoms with Crippen LogP contribution < -0.4 is 14.8 Å². The molecule has 0 unspecified atom stereocenters. The van der Waals surface area contributed by atoms with Gasteiger partial charge in [0.1, 0.15) is 0 Å². The Balaban J connectivity index is 1.66. The van der Waals surface area contributed by atoms with Crippen molar-refractivity contribution in [2.24, 2.45) is 5.92 Å². The molecule has 0 spiro atoms. The van der Waals surface area contributed by atoms with Gasteiger partial charge in [0.05, 0.1) is 26.0 Å². The van der Waals surface area contributed by atoms with Crippen molar-refractivity contribution in [3.05, 3.63) is 53.9 Å². The monoisotopic (exact) mass is 383 g/mol. The number of hydrogen-bond acceptors (Lipinski definition) is 5. The Bertz CT molecular complexity index is 774. The largest absolute Gasteiger partial charge is 0.493 e. The van der Waals surface area contributed by atoms with Gasteiger partial charge in [-0.25, -0.2) is 0 Å². The van der Waals surface area contributed by atoms with E-state index in [2.05, 4.69) is 21.3 Å². The van der Waals surface area contributed by atoms with Gasteiger partial charge in [-0.1, -0.05) is 18.2 Å². The van der Waals surface area contributed by atoms with E-state index in [4.69, 9.17) is 9.47 Å². The smallest absolute Gasteiger partial charge is 0.217 e. The predicted octanol–water partition coefficient (Wildman–Crippen LogP) is 3.19. The van der Waals surface area contributed by atoms with Crippen LogP contribution in [0, 0.1) is 5.92 Å². The topological polar surface area (TPSA) is 63.7 Å². The Morgan fingerprint density at radius 2 is 1.96 bits per heavy atom. The van der Waals surface area contributed by atoms with Crippen LogP contribution >= 0.6 is 0 Å². The second kappa shape index (κ2) is 9.55. The molecule has 0 bridgehead atoms. The first-order valence-electron chi connectivity index (χ1n) is 9.72. The summed E-state index contributed by atoms with van der Waals surface area (Å²) in [5.74, 6) is 1.92. The highest BCUT2D eigenvalue weighted by molar-refractivity contribution is 5.73. The van der Waals surface area contributed by atoms with Crippen molar-refractivity contribution in [3.63, 3.8) is 0 Å². The number of rotatable bonds is 7. The molecule has 1 aromatic carbocycles. The highest BCUT2D eigenvalue weighted by Crippen LogP contribution is 2.34. The van der Waals surface area contributed by atoms with Crippen LogP contribution in [0.2, 0.25) is 0 Å². The van der Waals surface area contributed by atoms with Gasteiger partial charge in [0.25, 0.3) is 0 Å². The summed E-state index contributed by atoms with van der Waals surface area (Å²) in [5.41, 5.74) is 2.06. The first-order valence-corrected chi connectivity index (χ1v) is 9.72. The number of carbonyl (C=O) groups is 1. The molecule has 150 valence electrons. The number of carbonyl (C=O) groups excluding carboxylic acids is 1. The zero-order valence-electron chi connectivity index (χ0n) is 16.9. The first-order chi connectivity index (χ1) is 13.6. The van der Waals surface area contributed by atoms with E-state index in [-0.39, 0.29) is 11.9 Å². The summed E-state index contributed by atoms with van der Waals surface area (Å²) in [4.78, 5) is 18.6. The molecule has 2 aromatic rings. The van der Waals surface area contributed by atoms with Gasteiger partial charge < -0.3 is 14.8 Å². The quantitative estimate of drug-likeness (QED) is 0.796. The van der Waals surface area contributed by atoms with Crippen LogP contribution in [0.1, 0.15) is 37.1 Å². The highest BCUT2D eigenvalue weighted by Gasteiger charge is 2.29. The SMILES string of the molecule is COc1cccc(CN2CCC([C@@H](NC(C)=O)c3ccccn3)CC2)c1OC. The van der Waals surface area contributed by atoms with E-state index in [0.29, 0.717) is 5.92 Å². The predicted molar refractivity (Wildman–Crippen MR) is 108 cm³/mol. The van der Waals surface area contributed by atoms with E-state index < -0.39 is 0 Å². The van der Waals surface area contributed by atoms with E-state index in [0.717, 1.165) is 55.2 Å². The summed E-state index contributed by atoms with van der Waals surface area (Å²) in [6.45, 7) is 4.32. The number of piperidine rings is 1. The summed E-state index contributed by atoms with van der Waals surface area (Å²) in [7, 11) is 3.34. The highest BCUT2D eigenvalue weighted by atomic mass is 16.5. The fourth-order valence-electron chi connectivity index (χ4n) is 3.98. The lowest BCUT2D eigenvalue weighted by atomic mass is 9.87. The van der Waals surface area contributed by atoms with Crippen molar-refractivity contribution in [2.75, 3.05) is 27.3 Å². The molecular weight excluding hydrogens is 354 g/mol. The number of para-hydroxylation sites is 1. The number of methoxy groups -OCH3 is 2. The standard InChI is InChI=1S/C22H29N3O3/c1-16(26)24-21(19-8-4-5-12-23-19)17-10-13-25(14-11-17)15-18-7-6-9-20(27-2)22(18)28-3/h4-9,12,17,21H,10-11,13-15H2,1-3H3,(H,24,26)/t21-/m1/s1.